The molecule has 3 aromatic rings. The summed E-state index contributed by atoms with van der Waals surface area (Å²) in [6, 6.07) is 6.63. The molecule has 2 aromatic heterocycles. The van der Waals surface area contributed by atoms with Crippen LogP contribution >= 0.6 is 23.2 Å². The minimum absolute atomic E-state index is 0.0876. The van der Waals surface area contributed by atoms with Gasteiger partial charge in [-0.1, -0.05) is 41.5 Å². The third-order valence-electron chi connectivity index (χ3n) is 6.62. The van der Waals surface area contributed by atoms with Gasteiger partial charge in [-0.3, -0.25) is 4.98 Å². The molecule has 9 heteroatoms. The van der Waals surface area contributed by atoms with Crippen LogP contribution in [0.3, 0.4) is 0 Å². The average molecular weight is 526 g/mol. The van der Waals surface area contributed by atoms with Crippen LogP contribution < -0.4 is 9.64 Å². The lowest BCUT2D eigenvalue weighted by molar-refractivity contribution is -0.107. The van der Waals surface area contributed by atoms with Gasteiger partial charge in [0, 0.05) is 70.8 Å². The molecule has 2 radical (unpaired) electrons. The SMILES string of the molecule is [B]C1(C)CCN(c2c(-c3cnc(OCCc4ccc(Cl)cc4Cl)c(F)c3)cnc(C)c2CC=O)CC1. The van der Waals surface area contributed by atoms with Gasteiger partial charge in [0.2, 0.25) is 5.88 Å². The van der Waals surface area contributed by atoms with Crippen molar-refractivity contribution in [1.29, 1.82) is 0 Å². The molecule has 1 aromatic carbocycles. The Bertz CT molecular complexity index is 1260. The Morgan fingerprint density at radius 3 is 2.61 bits per heavy atom. The molecular weight excluding hydrogens is 499 g/mol. The second-order valence-corrected chi connectivity index (χ2v) is 10.3. The minimum Gasteiger partial charge on any atom is -0.475 e. The monoisotopic (exact) mass is 525 g/mol. The van der Waals surface area contributed by atoms with Crippen LogP contribution in [0.25, 0.3) is 11.1 Å². The lowest BCUT2D eigenvalue weighted by Gasteiger charge is -2.40. The summed E-state index contributed by atoms with van der Waals surface area (Å²) in [5.74, 6) is -0.665. The molecule has 1 aliphatic rings. The summed E-state index contributed by atoms with van der Waals surface area (Å²) in [6.45, 7) is 5.61. The number of aromatic nitrogens is 2. The molecule has 36 heavy (non-hydrogen) atoms. The van der Waals surface area contributed by atoms with Crippen molar-refractivity contribution < 1.29 is 13.9 Å². The quantitative estimate of drug-likeness (QED) is 0.258. The summed E-state index contributed by atoms with van der Waals surface area (Å²) in [4.78, 5) is 22.4. The van der Waals surface area contributed by atoms with Gasteiger partial charge in [0.15, 0.2) is 5.82 Å². The summed E-state index contributed by atoms with van der Waals surface area (Å²) >= 11 is 12.1. The van der Waals surface area contributed by atoms with E-state index in [9.17, 15) is 4.79 Å². The number of rotatable bonds is 8. The van der Waals surface area contributed by atoms with Gasteiger partial charge >= 0.3 is 0 Å². The zero-order valence-electron chi connectivity index (χ0n) is 20.4. The Morgan fingerprint density at radius 2 is 1.94 bits per heavy atom. The van der Waals surface area contributed by atoms with Crippen molar-refractivity contribution in [2.75, 3.05) is 24.6 Å². The molecule has 0 spiro atoms. The topological polar surface area (TPSA) is 55.3 Å². The van der Waals surface area contributed by atoms with Crippen LogP contribution in [-0.2, 0) is 17.6 Å². The summed E-state index contributed by atoms with van der Waals surface area (Å²) in [6.07, 6.45) is 6.49. The lowest BCUT2D eigenvalue weighted by Crippen LogP contribution is -2.37. The third kappa shape index (κ3) is 6.01. The number of ether oxygens (including phenoxy) is 1. The molecule has 0 unspecified atom stereocenters. The van der Waals surface area contributed by atoms with E-state index in [1.165, 1.54) is 6.07 Å². The average Bonchev–Trinajstić information content (AvgIpc) is 2.83. The number of hydrogen-bond acceptors (Lipinski definition) is 5. The number of piperidine rings is 1. The molecule has 0 amide bonds. The fourth-order valence-corrected chi connectivity index (χ4v) is 4.94. The normalized spacial score (nSPS) is 15.1. The highest BCUT2D eigenvalue weighted by molar-refractivity contribution is 6.35. The number of anilines is 1. The highest BCUT2D eigenvalue weighted by Gasteiger charge is 2.28. The van der Waals surface area contributed by atoms with Gasteiger partial charge in [-0.25, -0.2) is 9.37 Å². The van der Waals surface area contributed by atoms with Crippen LogP contribution in [-0.4, -0.2) is 43.8 Å². The van der Waals surface area contributed by atoms with Crippen molar-refractivity contribution in [3.8, 4) is 17.0 Å². The number of halogens is 3. The largest absolute Gasteiger partial charge is 0.475 e. The third-order valence-corrected chi connectivity index (χ3v) is 7.21. The Balaban J connectivity index is 1.59. The van der Waals surface area contributed by atoms with Crippen molar-refractivity contribution in [2.24, 2.45) is 0 Å². The second kappa shape index (κ2) is 11.2. The summed E-state index contributed by atoms with van der Waals surface area (Å²) in [5.41, 5.74) is 4.64. The van der Waals surface area contributed by atoms with Gasteiger partial charge in [-0.05, 0) is 43.5 Å². The maximum atomic E-state index is 15.1. The number of carbonyl (C=O) groups excluding carboxylic acids is 1. The number of benzene rings is 1. The fourth-order valence-electron chi connectivity index (χ4n) is 4.44. The molecule has 0 aliphatic carbocycles. The first kappa shape index (κ1) is 26.4. The first-order valence-corrected chi connectivity index (χ1v) is 12.6. The molecule has 1 fully saturated rings. The molecule has 5 nitrogen and oxygen atoms in total. The van der Waals surface area contributed by atoms with E-state index in [-0.39, 0.29) is 24.2 Å². The maximum absolute atomic E-state index is 15.1. The highest BCUT2D eigenvalue weighted by Crippen LogP contribution is 2.41. The van der Waals surface area contributed by atoms with E-state index in [1.54, 1.807) is 24.5 Å². The van der Waals surface area contributed by atoms with Crippen molar-refractivity contribution >= 4 is 43.0 Å². The van der Waals surface area contributed by atoms with Crippen LogP contribution in [0.5, 0.6) is 5.88 Å². The summed E-state index contributed by atoms with van der Waals surface area (Å²) < 4.78 is 20.7. The van der Waals surface area contributed by atoms with Crippen molar-refractivity contribution in [3.63, 3.8) is 0 Å². The first-order chi connectivity index (χ1) is 17.2. The van der Waals surface area contributed by atoms with Gasteiger partial charge in [-0.15, -0.1) is 0 Å². The van der Waals surface area contributed by atoms with Gasteiger partial charge in [0.25, 0.3) is 0 Å². The number of nitrogens with zero attached hydrogens (tertiary/aromatic N) is 3. The lowest BCUT2D eigenvalue weighted by atomic mass is 9.64. The Kier molecular flexibility index (Phi) is 8.21. The molecular formula is C27H27BCl2FN3O2. The number of carbonyl (C=O) groups is 1. The maximum Gasteiger partial charge on any atom is 0.250 e. The number of hydrogen-bond donors (Lipinski definition) is 0. The van der Waals surface area contributed by atoms with Crippen molar-refractivity contribution in [1.82, 2.24) is 9.97 Å². The molecule has 1 aliphatic heterocycles. The van der Waals surface area contributed by atoms with Gasteiger partial charge in [0.05, 0.1) is 20.1 Å². The predicted molar refractivity (Wildman–Crippen MR) is 143 cm³/mol. The number of aldehydes is 1. The van der Waals surface area contributed by atoms with Crippen LogP contribution in [0.1, 0.15) is 36.6 Å². The number of aryl methyl sites for hydroxylation is 1. The van der Waals surface area contributed by atoms with E-state index in [0.29, 0.717) is 22.0 Å². The first-order valence-electron chi connectivity index (χ1n) is 11.9. The molecule has 0 atom stereocenters. The molecule has 3 heterocycles. The van der Waals surface area contributed by atoms with Crippen LogP contribution in [0.4, 0.5) is 10.1 Å². The van der Waals surface area contributed by atoms with Gasteiger partial charge < -0.3 is 14.4 Å². The van der Waals surface area contributed by atoms with Crippen molar-refractivity contribution in [2.45, 2.75) is 44.8 Å². The van der Waals surface area contributed by atoms with E-state index >= 15 is 4.39 Å². The van der Waals surface area contributed by atoms with Crippen LogP contribution in [0.15, 0.2) is 36.7 Å². The van der Waals surface area contributed by atoms with E-state index in [0.717, 1.165) is 60.3 Å². The molecule has 0 bridgehead atoms. The molecule has 1 saturated heterocycles. The van der Waals surface area contributed by atoms with Crippen LogP contribution in [0, 0.1) is 12.7 Å². The Morgan fingerprint density at radius 1 is 1.19 bits per heavy atom. The molecule has 0 N–H and O–H groups in total. The van der Waals surface area contributed by atoms with E-state index < -0.39 is 5.82 Å². The predicted octanol–water partition coefficient (Wildman–Crippen LogP) is 6.21. The summed E-state index contributed by atoms with van der Waals surface area (Å²) in [7, 11) is 6.34. The van der Waals surface area contributed by atoms with Gasteiger partial charge in [-0.2, -0.15) is 0 Å². The Hall–Kier alpha value is -2.64. The number of pyridine rings is 2. The van der Waals surface area contributed by atoms with E-state index in [4.69, 9.17) is 35.8 Å². The zero-order chi connectivity index (χ0) is 25.9. The Labute approximate surface area is 222 Å². The smallest absolute Gasteiger partial charge is 0.250 e. The van der Waals surface area contributed by atoms with Crippen LogP contribution in [0.2, 0.25) is 15.4 Å². The molecule has 0 saturated carbocycles. The molecule has 186 valence electrons. The van der Waals surface area contributed by atoms with E-state index in [1.807, 2.05) is 19.9 Å². The standard InChI is InChI=1S/C27H27BCl2FN3O2/c1-17-21(5-11-35)25(34-9-7-27(2,28)8-10-34)22(16-32-17)19-13-24(31)26(33-15-19)36-12-6-18-3-4-20(29)14-23(18)30/h3-4,11,13-16H,5-10,12H2,1-2H3. The fraction of sp³-hybridized carbons (Fsp3) is 0.370. The summed E-state index contributed by atoms with van der Waals surface area (Å²) in [5, 5.41) is 0.857. The molecule has 4 rings (SSSR count). The highest BCUT2D eigenvalue weighted by atomic mass is 35.5. The second-order valence-electron chi connectivity index (χ2n) is 9.44. The zero-order valence-corrected chi connectivity index (χ0v) is 21.9. The van der Waals surface area contributed by atoms with E-state index in [2.05, 4.69) is 14.9 Å². The minimum atomic E-state index is -0.577. The van der Waals surface area contributed by atoms with Crippen molar-refractivity contribution in [3.05, 3.63) is 69.3 Å². The van der Waals surface area contributed by atoms with Gasteiger partial charge in [0.1, 0.15) is 6.29 Å².